The van der Waals surface area contributed by atoms with E-state index in [1.165, 1.54) is 28.6 Å². The molecule has 6 nitrogen and oxygen atoms in total. The highest BCUT2D eigenvalue weighted by Crippen LogP contribution is 2.31. The maximum absolute atomic E-state index is 13.6. The number of nitrogens with zero attached hydrogens (tertiary/aromatic N) is 2. The van der Waals surface area contributed by atoms with Crippen molar-refractivity contribution in [3.05, 3.63) is 59.1 Å². The van der Waals surface area contributed by atoms with E-state index in [1.54, 1.807) is 16.4 Å². The molecule has 0 N–H and O–H groups in total. The Labute approximate surface area is 202 Å². The van der Waals surface area contributed by atoms with Gasteiger partial charge in [-0.25, -0.2) is 16.8 Å². The van der Waals surface area contributed by atoms with Gasteiger partial charge in [-0.3, -0.25) is 0 Å². The van der Waals surface area contributed by atoms with Crippen LogP contribution in [-0.4, -0.2) is 44.6 Å². The van der Waals surface area contributed by atoms with E-state index in [-0.39, 0.29) is 22.4 Å². The first-order valence-corrected chi connectivity index (χ1v) is 14.8. The molecule has 1 heterocycles. The van der Waals surface area contributed by atoms with Crippen LogP contribution in [0.5, 0.6) is 0 Å². The van der Waals surface area contributed by atoms with Crippen LogP contribution in [0.4, 0.5) is 0 Å². The molecule has 2 aliphatic rings. The molecule has 1 aliphatic carbocycles. The topological polar surface area (TPSA) is 74.8 Å². The van der Waals surface area contributed by atoms with Crippen LogP contribution in [-0.2, 0) is 26.6 Å². The van der Waals surface area contributed by atoms with Crippen molar-refractivity contribution < 1.29 is 16.8 Å². The van der Waals surface area contributed by atoms with Crippen molar-refractivity contribution in [2.45, 2.75) is 67.8 Å². The minimum Gasteiger partial charge on any atom is -0.207 e. The molecular formula is C24H31ClN2O4S2. The second kappa shape index (κ2) is 10.0. The largest absolute Gasteiger partial charge is 0.243 e. The molecule has 1 aliphatic heterocycles. The van der Waals surface area contributed by atoms with Crippen LogP contribution < -0.4 is 0 Å². The van der Waals surface area contributed by atoms with Gasteiger partial charge in [-0.1, -0.05) is 43.5 Å². The van der Waals surface area contributed by atoms with E-state index >= 15 is 0 Å². The van der Waals surface area contributed by atoms with Crippen molar-refractivity contribution >= 4 is 31.6 Å². The number of rotatable bonds is 7. The Kier molecular flexibility index (Phi) is 7.50. The number of sulfonamides is 2. The van der Waals surface area contributed by atoms with Crippen molar-refractivity contribution in [2.24, 2.45) is 5.92 Å². The molecule has 1 saturated heterocycles. The molecule has 9 heteroatoms. The molecular weight excluding hydrogens is 480 g/mol. The van der Waals surface area contributed by atoms with Gasteiger partial charge in [-0.05, 0) is 73.6 Å². The molecule has 0 unspecified atom stereocenters. The lowest BCUT2D eigenvalue weighted by Crippen LogP contribution is -2.39. The van der Waals surface area contributed by atoms with Crippen LogP contribution in [0.2, 0.25) is 5.02 Å². The predicted molar refractivity (Wildman–Crippen MR) is 130 cm³/mol. The first kappa shape index (κ1) is 24.7. The molecule has 0 aromatic heterocycles. The van der Waals surface area contributed by atoms with Gasteiger partial charge in [0, 0.05) is 30.7 Å². The Bertz CT molecular complexity index is 1160. The third-order valence-corrected chi connectivity index (χ3v) is 10.7. The average molecular weight is 511 g/mol. The maximum atomic E-state index is 13.6. The molecule has 180 valence electrons. The van der Waals surface area contributed by atoms with Crippen molar-refractivity contribution in [1.29, 1.82) is 0 Å². The molecule has 1 atom stereocenters. The first-order chi connectivity index (χ1) is 15.7. The summed E-state index contributed by atoms with van der Waals surface area (Å²) >= 11 is 5.99. The third kappa shape index (κ3) is 5.46. The lowest BCUT2D eigenvalue weighted by molar-refractivity contribution is 0.281. The van der Waals surface area contributed by atoms with Crippen LogP contribution in [0, 0.1) is 5.92 Å². The highest BCUT2D eigenvalue weighted by atomic mass is 35.5. The summed E-state index contributed by atoms with van der Waals surface area (Å²) in [6.07, 6.45) is 5.52. The number of hydrogen-bond donors (Lipinski definition) is 0. The minimum absolute atomic E-state index is 0.0658. The van der Waals surface area contributed by atoms with Gasteiger partial charge in [0.15, 0.2) is 0 Å². The Morgan fingerprint density at radius 1 is 0.879 bits per heavy atom. The molecule has 0 amide bonds. The quantitative estimate of drug-likeness (QED) is 0.531. The van der Waals surface area contributed by atoms with E-state index in [4.69, 9.17) is 11.6 Å². The zero-order chi connectivity index (χ0) is 23.6. The number of benzene rings is 2. The second-order valence-electron chi connectivity index (χ2n) is 9.20. The monoisotopic (exact) mass is 510 g/mol. The fourth-order valence-electron chi connectivity index (χ4n) is 4.80. The lowest BCUT2D eigenvalue weighted by atomic mass is 10.0. The van der Waals surface area contributed by atoms with E-state index in [9.17, 15) is 16.8 Å². The molecule has 2 aromatic carbocycles. The van der Waals surface area contributed by atoms with Gasteiger partial charge in [-0.2, -0.15) is 8.61 Å². The first-order valence-electron chi connectivity index (χ1n) is 11.5. The predicted octanol–water partition coefficient (Wildman–Crippen LogP) is 4.89. The summed E-state index contributed by atoms with van der Waals surface area (Å²) in [5.74, 6) is 0.320. The van der Waals surface area contributed by atoms with Gasteiger partial charge in [0.25, 0.3) is 0 Å². The summed E-state index contributed by atoms with van der Waals surface area (Å²) in [5, 5.41) is 0.605. The Morgan fingerprint density at radius 3 is 2.09 bits per heavy atom. The summed E-state index contributed by atoms with van der Waals surface area (Å²) in [6.45, 7) is 3.31. The molecule has 0 radical (unpaired) electrons. The van der Waals surface area contributed by atoms with Gasteiger partial charge in [-0.15, -0.1) is 0 Å². The van der Waals surface area contributed by atoms with Gasteiger partial charge in [0.05, 0.1) is 9.79 Å². The molecule has 0 spiro atoms. The summed E-state index contributed by atoms with van der Waals surface area (Å²) in [6, 6.07) is 12.9. The fraction of sp³-hybridized carbons (Fsp3) is 0.500. The summed E-state index contributed by atoms with van der Waals surface area (Å²) in [5.41, 5.74) is 0.869. The van der Waals surface area contributed by atoms with Crippen LogP contribution in [0.25, 0.3) is 0 Å². The molecule has 33 heavy (non-hydrogen) atoms. The van der Waals surface area contributed by atoms with Crippen LogP contribution >= 0.6 is 11.6 Å². The van der Waals surface area contributed by atoms with E-state index in [0.29, 0.717) is 24.0 Å². The number of piperidine rings is 1. The number of hydrogen-bond acceptors (Lipinski definition) is 4. The van der Waals surface area contributed by atoms with Crippen molar-refractivity contribution in [3.63, 3.8) is 0 Å². The molecule has 0 bridgehead atoms. The summed E-state index contributed by atoms with van der Waals surface area (Å²) in [7, 11) is -7.43. The van der Waals surface area contributed by atoms with Crippen molar-refractivity contribution in [1.82, 2.24) is 8.61 Å². The highest BCUT2D eigenvalue weighted by molar-refractivity contribution is 7.89. The zero-order valence-electron chi connectivity index (χ0n) is 18.9. The van der Waals surface area contributed by atoms with E-state index in [2.05, 4.69) is 6.92 Å². The molecule has 2 fully saturated rings. The average Bonchev–Trinajstić information content (AvgIpc) is 3.33. The smallest absolute Gasteiger partial charge is 0.207 e. The van der Waals surface area contributed by atoms with Crippen molar-refractivity contribution in [3.8, 4) is 0 Å². The van der Waals surface area contributed by atoms with E-state index in [1.807, 2.05) is 12.1 Å². The minimum atomic E-state index is -3.80. The van der Waals surface area contributed by atoms with Gasteiger partial charge in [0.1, 0.15) is 0 Å². The van der Waals surface area contributed by atoms with Gasteiger partial charge < -0.3 is 0 Å². The van der Waals surface area contributed by atoms with Crippen molar-refractivity contribution in [2.75, 3.05) is 13.1 Å². The maximum Gasteiger partial charge on any atom is 0.243 e. The summed E-state index contributed by atoms with van der Waals surface area (Å²) < 4.78 is 56.5. The van der Waals surface area contributed by atoms with Crippen LogP contribution in [0.15, 0.2) is 58.3 Å². The lowest BCUT2D eigenvalue weighted by Gasteiger charge is -2.30. The molecule has 1 saturated carbocycles. The number of halogens is 1. The molecule has 4 rings (SSSR count). The fourth-order valence-corrected chi connectivity index (χ4v) is 8.20. The zero-order valence-corrected chi connectivity index (χ0v) is 21.2. The molecule has 2 aromatic rings. The Balaban J connectivity index is 1.60. The standard InChI is InChI=1S/C24H31ClN2O4S2/c1-19-5-4-16-26(17-19)32(28,29)23-12-14-24(15-13-23)33(30,31)27(22-6-2-3-7-22)18-20-8-10-21(25)11-9-20/h8-15,19,22H,2-7,16-18H2,1H3/t19-/m1/s1. The van der Waals surface area contributed by atoms with E-state index in [0.717, 1.165) is 44.1 Å². The normalized spacial score (nSPS) is 21.0. The SMILES string of the molecule is C[C@@H]1CCCN(S(=O)(=O)c2ccc(S(=O)(=O)N(Cc3ccc(Cl)cc3)C3CCCC3)cc2)C1. The van der Waals surface area contributed by atoms with Gasteiger partial charge in [0.2, 0.25) is 20.0 Å². The van der Waals surface area contributed by atoms with E-state index < -0.39 is 20.0 Å². The van der Waals surface area contributed by atoms with Crippen LogP contribution in [0.1, 0.15) is 51.0 Å². The summed E-state index contributed by atoms with van der Waals surface area (Å²) in [4.78, 5) is 0.259. The highest BCUT2D eigenvalue weighted by Gasteiger charge is 2.34. The Morgan fingerprint density at radius 2 is 1.48 bits per heavy atom. The van der Waals surface area contributed by atoms with Gasteiger partial charge >= 0.3 is 0 Å². The Hall–Kier alpha value is -1.45. The van der Waals surface area contributed by atoms with Crippen LogP contribution in [0.3, 0.4) is 0 Å². The second-order valence-corrected chi connectivity index (χ2v) is 13.5. The third-order valence-electron chi connectivity index (χ3n) is 6.67.